The summed E-state index contributed by atoms with van der Waals surface area (Å²) in [5.41, 5.74) is 0.631. The van der Waals surface area contributed by atoms with Crippen molar-refractivity contribution in [1.29, 1.82) is 0 Å². The molecule has 1 aliphatic heterocycles. The summed E-state index contributed by atoms with van der Waals surface area (Å²) in [6, 6.07) is 0. The van der Waals surface area contributed by atoms with E-state index < -0.39 is 0 Å². The topological polar surface area (TPSA) is 27.6 Å². The van der Waals surface area contributed by atoms with Gasteiger partial charge >= 0.3 is 0 Å². The molecule has 0 radical (unpaired) electrons. The highest BCUT2D eigenvalue weighted by Gasteiger charge is 2.41. The highest BCUT2D eigenvalue weighted by molar-refractivity contribution is 14.0. The van der Waals surface area contributed by atoms with Gasteiger partial charge in [0.25, 0.3) is 0 Å². The second-order valence-electron chi connectivity index (χ2n) is 6.49. The Morgan fingerprint density at radius 2 is 1.85 bits per heavy atom. The van der Waals surface area contributed by atoms with Gasteiger partial charge in [-0.1, -0.05) is 39.5 Å². The van der Waals surface area contributed by atoms with Crippen molar-refractivity contribution in [3.63, 3.8) is 0 Å². The number of nitrogens with one attached hydrogen (secondary N) is 1. The maximum atomic E-state index is 4.50. The van der Waals surface area contributed by atoms with Crippen molar-refractivity contribution in [3.05, 3.63) is 0 Å². The van der Waals surface area contributed by atoms with Gasteiger partial charge in [0.2, 0.25) is 0 Å². The van der Waals surface area contributed by atoms with Crippen LogP contribution in [0.2, 0.25) is 0 Å². The number of likely N-dealkylation sites (tertiary alicyclic amines) is 1. The zero-order valence-corrected chi connectivity index (χ0v) is 15.8. The highest BCUT2D eigenvalue weighted by atomic mass is 127. The fourth-order valence-corrected chi connectivity index (χ4v) is 3.79. The number of aliphatic imine (C=N–C) groups is 1. The van der Waals surface area contributed by atoms with Crippen molar-refractivity contribution in [1.82, 2.24) is 10.2 Å². The smallest absolute Gasteiger partial charge is 0.193 e. The first-order chi connectivity index (χ1) is 9.23. The second-order valence-corrected chi connectivity index (χ2v) is 6.49. The molecule has 2 rings (SSSR count). The Balaban J connectivity index is 0.00000200. The van der Waals surface area contributed by atoms with E-state index in [4.69, 9.17) is 0 Å². The molecule has 1 heterocycles. The van der Waals surface area contributed by atoms with Crippen LogP contribution in [0, 0.1) is 11.3 Å². The minimum atomic E-state index is 0. The molecule has 0 aromatic rings. The number of guanidine groups is 1. The maximum absolute atomic E-state index is 4.50. The van der Waals surface area contributed by atoms with E-state index in [1.54, 1.807) is 0 Å². The minimum absolute atomic E-state index is 0. The van der Waals surface area contributed by atoms with Crippen LogP contribution in [0.4, 0.5) is 0 Å². The molecule has 1 spiro atoms. The van der Waals surface area contributed by atoms with Crippen LogP contribution >= 0.6 is 24.0 Å². The van der Waals surface area contributed by atoms with E-state index in [2.05, 4.69) is 29.1 Å². The first-order valence-corrected chi connectivity index (χ1v) is 8.18. The Hall–Kier alpha value is 0. The van der Waals surface area contributed by atoms with Gasteiger partial charge in [0.15, 0.2) is 5.96 Å². The summed E-state index contributed by atoms with van der Waals surface area (Å²) >= 11 is 0. The van der Waals surface area contributed by atoms with Crippen molar-refractivity contribution in [2.45, 2.75) is 58.8 Å². The van der Waals surface area contributed by atoms with Crippen molar-refractivity contribution < 1.29 is 0 Å². The normalized spacial score (nSPS) is 21.6. The van der Waals surface area contributed by atoms with E-state index in [1.165, 1.54) is 58.0 Å². The molecule has 0 unspecified atom stereocenters. The van der Waals surface area contributed by atoms with E-state index in [9.17, 15) is 0 Å². The van der Waals surface area contributed by atoms with Gasteiger partial charge in [-0.05, 0) is 30.6 Å². The first kappa shape index (κ1) is 18.1. The summed E-state index contributed by atoms with van der Waals surface area (Å²) in [5.74, 6) is 1.91. The number of hydrogen-bond acceptors (Lipinski definition) is 1. The van der Waals surface area contributed by atoms with Crippen LogP contribution in [0.15, 0.2) is 4.99 Å². The van der Waals surface area contributed by atoms with E-state index in [0.29, 0.717) is 5.41 Å². The van der Waals surface area contributed by atoms with Crippen LogP contribution in [-0.4, -0.2) is 37.5 Å². The summed E-state index contributed by atoms with van der Waals surface area (Å²) in [6.45, 7) is 8.06. The summed E-state index contributed by atoms with van der Waals surface area (Å²) < 4.78 is 0. The number of halogens is 1. The van der Waals surface area contributed by atoms with Crippen LogP contribution in [0.5, 0.6) is 0 Å². The molecule has 2 fully saturated rings. The van der Waals surface area contributed by atoms with Gasteiger partial charge in [0, 0.05) is 26.7 Å². The fraction of sp³-hybridized carbons (Fsp3) is 0.938. The third-order valence-electron chi connectivity index (χ3n) is 5.32. The zero-order valence-electron chi connectivity index (χ0n) is 13.5. The van der Waals surface area contributed by atoms with Gasteiger partial charge in [0.1, 0.15) is 0 Å². The Morgan fingerprint density at radius 1 is 1.20 bits per heavy atom. The fourth-order valence-electron chi connectivity index (χ4n) is 3.79. The largest absolute Gasteiger partial charge is 0.356 e. The van der Waals surface area contributed by atoms with Crippen LogP contribution in [0.3, 0.4) is 0 Å². The van der Waals surface area contributed by atoms with Crippen molar-refractivity contribution in [2.75, 3.05) is 26.7 Å². The molecule has 0 aromatic heterocycles. The third kappa shape index (κ3) is 4.25. The molecule has 2 aliphatic rings. The molecule has 0 atom stereocenters. The lowest BCUT2D eigenvalue weighted by Crippen LogP contribution is -2.42. The van der Waals surface area contributed by atoms with E-state index >= 15 is 0 Å². The molecule has 1 saturated carbocycles. The van der Waals surface area contributed by atoms with Crippen LogP contribution in [-0.2, 0) is 0 Å². The molecule has 3 nitrogen and oxygen atoms in total. The minimum Gasteiger partial charge on any atom is -0.356 e. The zero-order chi connectivity index (χ0) is 13.7. The maximum Gasteiger partial charge on any atom is 0.193 e. The SMILES string of the molecule is CCC(CC)CNC(=NC)N1CCC2(CCCC2)C1.I. The molecule has 118 valence electrons. The lowest BCUT2D eigenvalue weighted by Gasteiger charge is -2.26. The van der Waals surface area contributed by atoms with Crippen LogP contribution < -0.4 is 5.32 Å². The molecule has 20 heavy (non-hydrogen) atoms. The van der Waals surface area contributed by atoms with Crippen molar-refractivity contribution in [3.8, 4) is 0 Å². The van der Waals surface area contributed by atoms with Crippen molar-refractivity contribution >= 4 is 29.9 Å². The van der Waals surface area contributed by atoms with Crippen LogP contribution in [0.25, 0.3) is 0 Å². The molecule has 4 heteroatoms. The molecular formula is C16H32IN3. The van der Waals surface area contributed by atoms with Gasteiger partial charge < -0.3 is 10.2 Å². The average Bonchev–Trinajstić information content (AvgIpc) is 3.06. The van der Waals surface area contributed by atoms with E-state index in [-0.39, 0.29) is 24.0 Å². The Morgan fingerprint density at radius 3 is 2.40 bits per heavy atom. The average molecular weight is 393 g/mol. The van der Waals surface area contributed by atoms with Gasteiger partial charge in [-0.15, -0.1) is 24.0 Å². The van der Waals surface area contributed by atoms with Gasteiger partial charge in [-0.25, -0.2) is 0 Å². The Kier molecular flexibility index (Phi) is 7.62. The molecular weight excluding hydrogens is 361 g/mol. The Labute approximate surface area is 142 Å². The molecule has 1 saturated heterocycles. The molecule has 0 bridgehead atoms. The summed E-state index contributed by atoms with van der Waals surface area (Å²) in [7, 11) is 1.93. The first-order valence-electron chi connectivity index (χ1n) is 8.18. The number of hydrogen-bond donors (Lipinski definition) is 1. The lowest BCUT2D eigenvalue weighted by molar-refractivity contribution is 0.308. The lowest BCUT2D eigenvalue weighted by atomic mass is 9.86. The quantitative estimate of drug-likeness (QED) is 0.446. The van der Waals surface area contributed by atoms with Crippen molar-refractivity contribution in [2.24, 2.45) is 16.3 Å². The van der Waals surface area contributed by atoms with E-state index in [0.717, 1.165) is 18.4 Å². The summed E-state index contributed by atoms with van der Waals surface area (Å²) in [4.78, 5) is 6.99. The second kappa shape index (κ2) is 8.44. The number of rotatable bonds is 4. The highest BCUT2D eigenvalue weighted by Crippen LogP contribution is 2.45. The Bertz CT molecular complexity index is 307. The third-order valence-corrected chi connectivity index (χ3v) is 5.32. The predicted molar refractivity (Wildman–Crippen MR) is 97.9 cm³/mol. The molecule has 1 N–H and O–H groups in total. The summed E-state index contributed by atoms with van der Waals surface area (Å²) in [5, 5.41) is 3.60. The van der Waals surface area contributed by atoms with Crippen LogP contribution in [0.1, 0.15) is 58.8 Å². The standard InChI is InChI=1S/C16H31N3.HI/c1-4-14(5-2)12-18-15(17-3)19-11-10-16(13-19)8-6-7-9-16;/h14H,4-13H2,1-3H3,(H,17,18);1H. The number of nitrogens with zero attached hydrogens (tertiary/aromatic N) is 2. The predicted octanol–water partition coefficient (Wildman–Crippen LogP) is 3.88. The van der Waals surface area contributed by atoms with Gasteiger partial charge in [0.05, 0.1) is 0 Å². The monoisotopic (exact) mass is 393 g/mol. The molecule has 1 aliphatic carbocycles. The van der Waals surface area contributed by atoms with E-state index in [1.807, 2.05) is 7.05 Å². The van der Waals surface area contributed by atoms with Gasteiger partial charge in [-0.2, -0.15) is 0 Å². The summed E-state index contributed by atoms with van der Waals surface area (Å²) in [6.07, 6.45) is 9.63. The molecule has 0 aromatic carbocycles. The molecule has 0 amide bonds. The van der Waals surface area contributed by atoms with Gasteiger partial charge in [-0.3, -0.25) is 4.99 Å².